The maximum Gasteiger partial charge on any atom is 0.337 e. The van der Waals surface area contributed by atoms with E-state index in [1.54, 1.807) is 6.92 Å². The molecule has 0 unspecified atom stereocenters. The number of ether oxygens (including phenoxy) is 3. The summed E-state index contributed by atoms with van der Waals surface area (Å²) >= 11 is 0. The molecule has 0 heterocycles. The van der Waals surface area contributed by atoms with Crippen LogP contribution >= 0.6 is 0 Å². The molecule has 9 heteroatoms. The van der Waals surface area contributed by atoms with E-state index in [1.165, 1.54) is 6.08 Å². The van der Waals surface area contributed by atoms with Gasteiger partial charge < -0.3 is 24.4 Å². The predicted molar refractivity (Wildman–Crippen MR) is 107 cm³/mol. The van der Waals surface area contributed by atoms with Gasteiger partial charge in [-0.15, -0.1) is 0 Å². The fraction of sp³-hybridized carbons (Fsp3) is 0.400. The summed E-state index contributed by atoms with van der Waals surface area (Å²) in [5, 5.41) is 16.5. The second kappa shape index (κ2) is 22.8. The standard InChI is InChI=1S/C8H10O5.C7H12O2.C5H8O2/c1-6(2-3-7(10)11)8(12)13-5-4-9;1-3-5-6-9-7(8)4-2;1-3-5(6)7-4-2/h2-3,9H,1,4-5H2,(H,10,11);4H,2-3,5-6H2,1H3;3H,1,4H2,2H3. The van der Waals surface area contributed by atoms with Crippen LogP contribution in [-0.4, -0.2) is 60.5 Å². The molecule has 0 radical (unpaired) electrons. The summed E-state index contributed by atoms with van der Waals surface area (Å²) in [6.45, 7) is 14.1. The zero-order valence-electron chi connectivity index (χ0n) is 16.9. The van der Waals surface area contributed by atoms with Crippen LogP contribution in [0.15, 0.2) is 49.6 Å². The van der Waals surface area contributed by atoms with Gasteiger partial charge in [-0.2, -0.15) is 0 Å². The smallest absolute Gasteiger partial charge is 0.337 e. The van der Waals surface area contributed by atoms with E-state index >= 15 is 0 Å². The van der Waals surface area contributed by atoms with Crippen molar-refractivity contribution in [2.75, 3.05) is 26.4 Å². The molecule has 0 saturated heterocycles. The number of aliphatic carboxylic acids is 1. The fourth-order valence-corrected chi connectivity index (χ4v) is 1.05. The van der Waals surface area contributed by atoms with Gasteiger partial charge in [0.25, 0.3) is 0 Å². The lowest BCUT2D eigenvalue weighted by atomic mass is 10.3. The maximum absolute atomic E-state index is 10.8. The molecule has 0 saturated carbocycles. The van der Waals surface area contributed by atoms with Crippen LogP contribution in [0.3, 0.4) is 0 Å². The number of hydrogen-bond donors (Lipinski definition) is 2. The van der Waals surface area contributed by atoms with Crippen molar-refractivity contribution in [3.8, 4) is 0 Å². The first-order valence-electron chi connectivity index (χ1n) is 8.66. The third kappa shape index (κ3) is 27.1. The summed E-state index contributed by atoms with van der Waals surface area (Å²) in [5.41, 5.74) is -0.0733. The minimum absolute atomic E-state index is 0.0733. The van der Waals surface area contributed by atoms with E-state index in [9.17, 15) is 19.2 Å². The van der Waals surface area contributed by atoms with Crippen molar-refractivity contribution in [2.24, 2.45) is 0 Å². The van der Waals surface area contributed by atoms with Crippen LogP contribution in [0.2, 0.25) is 0 Å². The highest BCUT2D eigenvalue weighted by atomic mass is 16.5. The Morgan fingerprint density at radius 2 is 1.45 bits per heavy atom. The van der Waals surface area contributed by atoms with Crippen LogP contribution in [0, 0.1) is 0 Å². The Morgan fingerprint density at radius 3 is 1.83 bits per heavy atom. The van der Waals surface area contributed by atoms with E-state index in [2.05, 4.69) is 33.9 Å². The van der Waals surface area contributed by atoms with Crippen LogP contribution in [0.1, 0.15) is 26.7 Å². The molecule has 0 bridgehead atoms. The average Bonchev–Trinajstić information content (AvgIpc) is 2.71. The molecule has 29 heavy (non-hydrogen) atoms. The highest BCUT2D eigenvalue weighted by Gasteiger charge is 2.04. The SMILES string of the molecule is C=C(C=CC(=O)O)C(=O)OCCO.C=CC(=O)OCC.C=CC(=O)OCCCC. The molecule has 0 aliphatic rings. The molecule has 0 aromatic carbocycles. The van der Waals surface area contributed by atoms with Crippen LogP contribution in [0.4, 0.5) is 0 Å². The number of hydrogen-bond acceptors (Lipinski definition) is 8. The Labute approximate surface area is 171 Å². The lowest BCUT2D eigenvalue weighted by Gasteiger charge is -2.00. The van der Waals surface area contributed by atoms with Crippen LogP contribution in [-0.2, 0) is 33.4 Å². The van der Waals surface area contributed by atoms with Gasteiger partial charge in [-0.25, -0.2) is 19.2 Å². The third-order valence-electron chi connectivity index (χ3n) is 2.38. The van der Waals surface area contributed by atoms with Gasteiger partial charge in [-0.05, 0) is 19.4 Å². The zero-order chi connectivity index (χ0) is 23.1. The number of carbonyl (C=O) groups excluding carboxylic acids is 3. The minimum Gasteiger partial charge on any atom is -0.478 e. The molecule has 164 valence electrons. The first-order chi connectivity index (χ1) is 13.7. The Balaban J connectivity index is -0.000000370. The lowest BCUT2D eigenvalue weighted by molar-refractivity contribution is -0.140. The van der Waals surface area contributed by atoms with E-state index in [0.29, 0.717) is 13.2 Å². The first kappa shape index (κ1) is 30.5. The number of carboxylic acids is 1. The highest BCUT2D eigenvalue weighted by molar-refractivity contribution is 5.93. The molecule has 0 aromatic rings. The molecular weight excluding hydrogens is 384 g/mol. The third-order valence-corrected chi connectivity index (χ3v) is 2.38. The largest absolute Gasteiger partial charge is 0.478 e. The van der Waals surface area contributed by atoms with Crippen molar-refractivity contribution >= 4 is 23.9 Å². The van der Waals surface area contributed by atoms with Gasteiger partial charge in [0.2, 0.25) is 0 Å². The summed E-state index contributed by atoms with van der Waals surface area (Å²) in [6, 6.07) is 0. The monoisotopic (exact) mass is 414 g/mol. The molecule has 0 aromatic heterocycles. The molecule has 0 atom stereocenters. The normalized spacial score (nSPS) is 8.93. The Kier molecular flexibility index (Phi) is 24.0. The number of esters is 3. The number of carboxylic acid groups (broad SMARTS) is 1. The van der Waals surface area contributed by atoms with E-state index < -0.39 is 11.9 Å². The van der Waals surface area contributed by atoms with Gasteiger partial charge in [-0.1, -0.05) is 33.1 Å². The van der Waals surface area contributed by atoms with Crippen molar-refractivity contribution in [1.29, 1.82) is 0 Å². The summed E-state index contributed by atoms with van der Waals surface area (Å²) in [7, 11) is 0. The van der Waals surface area contributed by atoms with Crippen molar-refractivity contribution in [1.82, 2.24) is 0 Å². The van der Waals surface area contributed by atoms with Crippen molar-refractivity contribution in [2.45, 2.75) is 26.7 Å². The van der Waals surface area contributed by atoms with Gasteiger partial charge >= 0.3 is 23.9 Å². The quantitative estimate of drug-likeness (QED) is 0.171. The van der Waals surface area contributed by atoms with Crippen LogP contribution in [0.25, 0.3) is 0 Å². The second-order valence-corrected chi connectivity index (χ2v) is 4.74. The number of aliphatic hydroxyl groups is 1. The van der Waals surface area contributed by atoms with Crippen molar-refractivity contribution in [3.63, 3.8) is 0 Å². The Morgan fingerprint density at radius 1 is 0.897 bits per heavy atom. The van der Waals surface area contributed by atoms with Gasteiger partial charge in [0.05, 0.1) is 25.4 Å². The number of rotatable bonds is 11. The molecular formula is C20H30O9. The summed E-state index contributed by atoms with van der Waals surface area (Å²) in [5.74, 6) is -2.60. The fourth-order valence-electron chi connectivity index (χ4n) is 1.05. The van der Waals surface area contributed by atoms with E-state index in [0.717, 1.165) is 31.1 Å². The van der Waals surface area contributed by atoms with Crippen LogP contribution < -0.4 is 0 Å². The molecule has 0 spiro atoms. The van der Waals surface area contributed by atoms with E-state index in [-0.39, 0.29) is 30.7 Å². The average molecular weight is 414 g/mol. The highest BCUT2D eigenvalue weighted by Crippen LogP contribution is 1.96. The Bertz CT molecular complexity index is 562. The van der Waals surface area contributed by atoms with Crippen molar-refractivity contribution in [3.05, 3.63) is 49.6 Å². The van der Waals surface area contributed by atoms with Crippen LogP contribution in [0.5, 0.6) is 0 Å². The molecule has 9 nitrogen and oxygen atoms in total. The molecule has 0 aliphatic carbocycles. The van der Waals surface area contributed by atoms with Gasteiger partial charge in [0, 0.05) is 18.2 Å². The van der Waals surface area contributed by atoms with Gasteiger partial charge in [0.15, 0.2) is 0 Å². The number of unbranched alkanes of at least 4 members (excludes halogenated alkanes) is 1. The number of aliphatic hydroxyl groups excluding tert-OH is 1. The van der Waals surface area contributed by atoms with E-state index in [1.807, 2.05) is 6.92 Å². The second-order valence-electron chi connectivity index (χ2n) is 4.74. The molecule has 0 aliphatic heterocycles. The van der Waals surface area contributed by atoms with Gasteiger partial charge in [0.1, 0.15) is 6.61 Å². The minimum atomic E-state index is -1.17. The Hall–Kier alpha value is -3.20. The number of carbonyl (C=O) groups is 4. The summed E-state index contributed by atoms with van der Waals surface area (Å²) in [4.78, 5) is 41.3. The molecule has 0 amide bonds. The zero-order valence-corrected chi connectivity index (χ0v) is 16.9. The molecule has 0 fully saturated rings. The lowest BCUT2D eigenvalue weighted by Crippen LogP contribution is -2.09. The van der Waals surface area contributed by atoms with Gasteiger partial charge in [-0.3, -0.25) is 0 Å². The predicted octanol–water partition coefficient (Wildman–Crippen LogP) is 1.97. The topological polar surface area (TPSA) is 136 Å². The van der Waals surface area contributed by atoms with E-state index in [4.69, 9.17) is 10.2 Å². The summed E-state index contributed by atoms with van der Waals surface area (Å²) < 4.78 is 13.6. The molecule has 0 rings (SSSR count). The summed E-state index contributed by atoms with van der Waals surface area (Å²) in [6.07, 6.45) is 6.10. The molecule has 2 N–H and O–H groups in total. The maximum atomic E-state index is 10.8. The first-order valence-corrected chi connectivity index (χ1v) is 8.66. The van der Waals surface area contributed by atoms with Crippen molar-refractivity contribution < 1.29 is 43.6 Å².